The lowest BCUT2D eigenvalue weighted by Gasteiger charge is -2.45. The Morgan fingerprint density at radius 2 is 1.83 bits per heavy atom. The first-order valence-corrected chi connectivity index (χ1v) is 14.0. The SMILES string of the molecule is CC(C)c1cn([C@H]2C[C@@H]3O[C@H](CO)CC[C@@H]3O[C@@H]2CCc2ccc(C#CC3CCCCC3)cc2)nn1. The number of aromatic nitrogens is 3. The predicted octanol–water partition coefficient (Wildman–Crippen LogP) is 5.20. The van der Waals surface area contributed by atoms with Crippen molar-refractivity contribution in [2.75, 3.05) is 6.61 Å². The summed E-state index contributed by atoms with van der Waals surface area (Å²) in [5.41, 5.74) is 3.42. The molecule has 0 amide bonds. The maximum atomic E-state index is 9.61. The number of aliphatic hydroxyl groups is 1. The van der Waals surface area contributed by atoms with Gasteiger partial charge in [-0.05, 0) is 62.1 Å². The molecule has 2 aliphatic heterocycles. The molecule has 1 aromatic carbocycles. The fraction of sp³-hybridized carbons (Fsp3) is 0.667. The van der Waals surface area contributed by atoms with Crippen molar-refractivity contribution in [3.63, 3.8) is 0 Å². The van der Waals surface area contributed by atoms with Crippen molar-refractivity contribution in [2.45, 2.75) is 114 Å². The van der Waals surface area contributed by atoms with Crippen molar-refractivity contribution in [3.8, 4) is 11.8 Å². The van der Waals surface area contributed by atoms with Gasteiger partial charge in [0.15, 0.2) is 0 Å². The van der Waals surface area contributed by atoms with Gasteiger partial charge in [0.2, 0.25) is 0 Å². The minimum atomic E-state index is -0.0891. The minimum Gasteiger partial charge on any atom is -0.394 e. The summed E-state index contributed by atoms with van der Waals surface area (Å²) >= 11 is 0. The molecular formula is C30H41N3O3. The van der Waals surface area contributed by atoms with Crippen LogP contribution in [-0.4, -0.2) is 51.1 Å². The molecule has 3 aliphatic rings. The third kappa shape index (κ3) is 6.19. The van der Waals surface area contributed by atoms with Crippen molar-refractivity contribution in [2.24, 2.45) is 5.92 Å². The number of rotatable bonds is 6. The van der Waals surface area contributed by atoms with Crippen LogP contribution in [0.3, 0.4) is 0 Å². The number of hydrogen-bond acceptors (Lipinski definition) is 5. The van der Waals surface area contributed by atoms with E-state index >= 15 is 0 Å². The smallest absolute Gasteiger partial charge is 0.0863 e. The first kappa shape index (κ1) is 25.4. The molecule has 6 nitrogen and oxygen atoms in total. The quantitative estimate of drug-likeness (QED) is 0.562. The summed E-state index contributed by atoms with van der Waals surface area (Å²) in [6.45, 7) is 4.34. The summed E-state index contributed by atoms with van der Waals surface area (Å²) in [4.78, 5) is 0. The number of benzene rings is 1. The molecule has 1 aromatic heterocycles. The van der Waals surface area contributed by atoms with Crippen molar-refractivity contribution >= 4 is 0 Å². The van der Waals surface area contributed by atoms with Crippen LogP contribution in [0.4, 0.5) is 0 Å². The molecule has 5 atom stereocenters. The first-order chi connectivity index (χ1) is 17.6. The van der Waals surface area contributed by atoms with Crippen LogP contribution in [0.2, 0.25) is 0 Å². The predicted molar refractivity (Wildman–Crippen MR) is 140 cm³/mol. The van der Waals surface area contributed by atoms with Crippen molar-refractivity contribution in [1.29, 1.82) is 0 Å². The van der Waals surface area contributed by atoms with Crippen LogP contribution >= 0.6 is 0 Å². The van der Waals surface area contributed by atoms with E-state index in [9.17, 15) is 5.11 Å². The van der Waals surface area contributed by atoms with Gasteiger partial charge in [-0.25, -0.2) is 4.68 Å². The van der Waals surface area contributed by atoms with Gasteiger partial charge in [-0.15, -0.1) is 5.10 Å². The number of fused-ring (bicyclic) bond motifs is 1. The average molecular weight is 492 g/mol. The summed E-state index contributed by atoms with van der Waals surface area (Å²) in [6, 6.07) is 8.83. The molecule has 1 N–H and O–H groups in total. The fourth-order valence-electron chi connectivity index (χ4n) is 5.89. The monoisotopic (exact) mass is 491 g/mol. The number of aryl methyl sites for hydroxylation is 1. The Balaban J connectivity index is 1.25. The van der Waals surface area contributed by atoms with Gasteiger partial charge in [-0.2, -0.15) is 0 Å². The zero-order valence-corrected chi connectivity index (χ0v) is 21.8. The summed E-state index contributed by atoms with van der Waals surface area (Å²) < 4.78 is 14.8. The minimum absolute atomic E-state index is 0.00845. The zero-order chi connectivity index (χ0) is 24.9. The second-order valence-electron chi connectivity index (χ2n) is 11.2. The molecule has 3 heterocycles. The Labute approximate surface area is 215 Å². The Hall–Kier alpha value is -2.20. The molecule has 0 unspecified atom stereocenters. The van der Waals surface area contributed by atoms with E-state index in [1.807, 2.05) is 4.68 Å². The normalized spacial score (nSPS) is 28.9. The van der Waals surface area contributed by atoms with E-state index in [2.05, 4.69) is 66.5 Å². The van der Waals surface area contributed by atoms with E-state index in [1.54, 1.807) is 0 Å². The third-order valence-corrected chi connectivity index (χ3v) is 8.17. The zero-order valence-electron chi connectivity index (χ0n) is 21.8. The lowest BCUT2D eigenvalue weighted by Crippen LogP contribution is -2.51. The van der Waals surface area contributed by atoms with Gasteiger partial charge in [0, 0.05) is 24.1 Å². The van der Waals surface area contributed by atoms with E-state index in [-0.39, 0.29) is 37.1 Å². The van der Waals surface area contributed by atoms with Crippen LogP contribution in [0.1, 0.15) is 100 Å². The molecule has 5 rings (SSSR count). The lowest BCUT2D eigenvalue weighted by molar-refractivity contribution is -0.209. The van der Waals surface area contributed by atoms with Gasteiger partial charge in [0.25, 0.3) is 0 Å². The Morgan fingerprint density at radius 3 is 2.56 bits per heavy atom. The highest BCUT2D eigenvalue weighted by Crippen LogP contribution is 2.38. The Bertz CT molecular complexity index is 1030. The van der Waals surface area contributed by atoms with Crippen LogP contribution in [0, 0.1) is 17.8 Å². The molecule has 0 spiro atoms. The summed E-state index contributed by atoms with van der Waals surface area (Å²) in [5, 5.41) is 18.5. The highest BCUT2D eigenvalue weighted by molar-refractivity contribution is 5.36. The van der Waals surface area contributed by atoms with E-state index in [0.29, 0.717) is 11.8 Å². The molecule has 2 aromatic rings. The molecule has 194 valence electrons. The Morgan fingerprint density at radius 1 is 1.03 bits per heavy atom. The van der Waals surface area contributed by atoms with Crippen LogP contribution in [0.5, 0.6) is 0 Å². The summed E-state index contributed by atoms with van der Waals surface area (Å²) in [5.74, 6) is 7.81. The van der Waals surface area contributed by atoms with E-state index in [4.69, 9.17) is 9.47 Å². The van der Waals surface area contributed by atoms with Crippen LogP contribution in [-0.2, 0) is 15.9 Å². The molecular weight excluding hydrogens is 450 g/mol. The highest BCUT2D eigenvalue weighted by atomic mass is 16.6. The number of aliphatic hydroxyl groups excluding tert-OH is 1. The lowest BCUT2D eigenvalue weighted by atomic mass is 9.88. The van der Waals surface area contributed by atoms with E-state index in [0.717, 1.165) is 43.4 Å². The molecule has 1 saturated carbocycles. The molecule has 1 aliphatic carbocycles. The molecule has 2 saturated heterocycles. The topological polar surface area (TPSA) is 69.4 Å². The largest absolute Gasteiger partial charge is 0.394 e. The van der Waals surface area contributed by atoms with Gasteiger partial charge in [-0.3, -0.25) is 0 Å². The molecule has 36 heavy (non-hydrogen) atoms. The number of nitrogens with zero attached hydrogens (tertiary/aromatic N) is 3. The van der Waals surface area contributed by atoms with Gasteiger partial charge in [0.05, 0.1) is 42.8 Å². The van der Waals surface area contributed by atoms with Gasteiger partial charge in [0.1, 0.15) is 0 Å². The maximum Gasteiger partial charge on any atom is 0.0863 e. The maximum absolute atomic E-state index is 9.61. The van der Waals surface area contributed by atoms with Crippen LogP contribution in [0.15, 0.2) is 30.5 Å². The van der Waals surface area contributed by atoms with E-state index < -0.39 is 0 Å². The van der Waals surface area contributed by atoms with Crippen LogP contribution < -0.4 is 0 Å². The van der Waals surface area contributed by atoms with Crippen molar-refractivity contribution in [1.82, 2.24) is 15.0 Å². The number of ether oxygens (including phenoxy) is 2. The average Bonchev–Trinajstić information content (AvgIpc) is 3.42. The van der Waals surface area contributed by atoms with Crippen molar-refractivity contribution in [3.05, 3.63) is 47.3 Å². The summed E-state index contributed by atoms with van der Waals surface area (Å²) in [7, 11) is 0. The third-order valence-electron chi connectivity index (χ3n) is 8.17. The molecule has 3 fully saturated rings. The molecule has 6 heteroatoms. The summed E-state index contributed by atoms with van der Waals surface area (Å²) in [6.07, 6.45) is 13.1. The second-order valence-corrected chi connectivity index (χ2v) is 11.2. The fourth-order valence-corrected chi connectivity index (χ4v) is 5.89. The van der Waals surface area contributed by atoms with Gasteiger partial charge < -0.3 is 14.6 Å². The van der Waals surface area contributed by atoms with Gasteiger partial charge in [-0.1, -0.05) is 62.3 Å². The van der Waals surface area contributed by atoms with Crippen LogP contribution in [0.25, 0.3) is 0 Å². The van der Waals surface area contributed by atoms with E-state index in [1.165, 1.54) is 37.7 Å². The van der Waals surface area contributed by atoms with Gasteiger partial charge >= 0.3 is 0 Å². The van der Waals surface area contributed by atoms with Crippen molar-refractivity contribution < 1.29 is 14.6 Å². The number of hydrogen-bond donors (Lipinski definition) is 1. The Kier molecular flexibility index (Phi) is 8.41. The molecule has 0 bridgehead atoms. The second kappa shape index (κ2) is 11.9. The molecule has 0 radical (unpaired) electrons. The first-order valence-electron chi connectivity index (χ1n) is 14.0. The highest BCUT2D eigenvalue weighted by Gasteiger charge is 2.43. The standard InChI is InChI=1S/C30H41N3O3/c1-21(2)26-19-33(32-31-26)27-18-30-29(17-15-25(20-34)35-30)36-28(27)16-14-24-12-10-23(11-13-24)9-8-22-6-4-3-5-7-22/h10-13,19,21-22,25,27-30,34H,3-7,14-18,20H2,1-2H3/t25-,27-,28+,29-,30-/m0/s1.